The molecule has 0 heterocycles. The summed E-state index contributed by atoms with van der Waals surface area (Å²) in [5.74, 6) is 0.114. The van der Waals surface area contributed by atoms with Gasteiger partial charge in [0.15, 0.2) is 0 Å². The molecular weight excluding hydrogens is 304 g/mol. The predicted octanol–water partition coefficient (Wildman–Crippen LogP) is 3.72. The molecular formula is C19H22N2O3. The van der Waals surface area contributed by atoms with Crippen LogP contribution in [0.25, 0.3) is 0 Å². The summed E-state index contributed by atoms with van der Waals surface area (Å²) < 4.78 is 5.67. The van der Waals surface area contributed by atoms with Crippen molar-refractivity contribution in [3.05, 3.63) is 54.6 Å². The molecule has 0 atom stereocenters. The van der Waals surface area contributed by atoms with Gasteiger partial charge in [-0.25, -0.2) is 0 Å². The first-order valence-electron chi connectivity index (χ1n) is 8.11. The number of nitrogens with one attached hydrogen (secondary N) is 2. The molecule has 2 amide bonds. The Bertz CT molecular complexity index is 654. The Morgan fingerprint density at radius 2 is 1.54 bits per heavy atom. The lowest BCUT2D eigenvalue weighted by Crippen LogP contribution is -2.35. The Kier molecular flexibility index (Phi) is 6.83. The zero-order chi connectivity index (χ0) is 17.2. The van der Waals surface area contributed by atoms with Crippen molar-refractivity contribution < 1.29 is 14.3 Å². The number of carbonyl (C=O) groups excluding carboxylic acids is 2. The van der Waals surface area contributed by atoms with E-state index in [2.05, 4.69) is 17.6 Å². The van der Waals surface area contributed by atoms with E-state index < -0.39 is 11.8 Å². The summed E-state index contributed by atoms with van der Waals surface area (Å²) in [5, 5.41) is 5.17. The van der Waals surface area contributed by atoms with Crippen LogP contribution in [0, 0.1) is 0 Å². The molecule has 24 heavy (non-hydrogen) atoms. The highest BCUT2D eigenvalue weighted by atomic mass is 16.5. The van der Waals surface area contributed by atoms with E-state index in [1.54, 1.807) is 24.3 Å². The summed E-state index contributed by atoms with van der Waals surface area (Å²) in [6.07, 6.45) is 2.98. The molecule has 0 aromatic heterocycles. The number of carbonyl (C=O) groups is 2. The normalized spacial score (nSPS) is 10.0. The van der Waals surface area contributed by atoms with Crippen LogP contribution in [0.3, 0.4) is 0 Å². The van der Waals surface area contributed by atoms with Crippen LogP contribution in [0.5, 0.6) is 11.5 Å². The van der Waals surface area contributed by atoms with Gasteiger partial charge in [0, 0.05) is 12.2 Å². The quantitative estimate of drug-likeness (QED) is 0.602. The Hall–Kier alpha value is -2.82. The Labute approximate surface area is 142 Å². The zero-order valence-electron chi connectivity index (χ0n) is 13.7. The van der Waals surface area contributed by atoms with Gasteiger partial charge in [0.2, 0.25) is 0 Å². The van der Waals surface area contributed by atoms with E-state index in [1.807, 2.05) is 30.3 Å². The molecule has 126 valence electrons. The van der Waals surface area contributed by atoms with E-state index in [0.717, 1.165) is 25.0 Å². The molecule has 2 N–H and O–H groups in total. The molecule has 5 heteroatoms. The molecule has 0 aliphatic carbocycles. The van der Waals surface area contributed by atoms with Crippen molar-refractivity contribution in [1.29, 1.82) is 0 Å². The average Bonchev–Trinajstić information content (AvgIpc) is 2.61. The van der Waals surface area contributed by atoms with Crippen LogP contribution in [0.15, 0.2) is 54.6 Å². The van der Waals surface area contributed by atoms with Crippen molar-refractivity contribution in [2.75, 3.05) is 11.9 Å². The van der Waals surface area contributed by atoms with Crippen molar-refractivity contribution in [2.45, 2.75) is 26.2 Å². The first-order chi connectivity index (χ1) is 11.7. The lowest BCUT2D eigenvalue weighted by molar-refractivity contribution is -0.136. The standard InChI is InChI=1S/C19H22N2O3/c1-2-3-7-14-20-18(22)19(23)21-15-10-12-17(13-11-15)24-16-8-5-4-6-9-16/h4-6,8-13H,2-3,7,14H2,1H3,(H,20,22)(H,21,23). The molecule has 0 aliphatic rings. The van der Waals surface area contributed by atoms with E-state index in [0.29, 0.717) is 18.0 Å². The first-order valence-corrected chi connectivity index (χ1v) is 8.11. The van der Waals surface area contributed by atoms with E-state index in [-0.39, 0.29) is 0 Å². The van der Waals surface area contributed by atoms with E-state index in [9.17, 15) is 9.59 Å². The molecule has 5 nitrogen and oxygen atoms in total. The molecule has 0 fully saturated rings. The number of unbranched alkanes of at least 4 members (excludes halogenated alkanes) is 2. The molecule has 2 aromatic rings. The monoisotopic (exact) mass is 326 g/mol. The third-order valence-corrected chi connectivity index (χ3v) is 3.36. The summed E-state index contributed by atoms with van der Waals surface area (Å²) in [4.78, 5) is 23.5. The van der Waals surface area contributed by atoms with Crippen LogP contribution in [0.1, 0.15) is 26.2 Å². The number of hydrogen-bond acceptors (Lipinski definition) is 3. The van der Waals surface area contributed by atoms with Crippen molar-refractivity contribution in [3.8, 4) is 11.5 Å². The van der Waals surface area contributed by atoms with Crippen LogP contribution in [-0.4, -0.2) is 18.4 Å². The van der Waals surface area contributed by atoms with Gasteiger partial charge in [0.05, 0.1) is 0 Å². The van der Waals surface area contributed by atoms with Crippen LogP contribution < -0.4 is 15.4 Å². The zero-order valence-corrected chi connectivity index (χ0v) is 13.7. The van der Waals surface area contributed by atoms with Crippen LogP contribution >= 0.6 is 0 Å². The van der Waals surface area contributed by atoms with E-state index in [4.69, 9.17) is 4.74 Å². The lowest BCUT2D eigenvalue weighted by atomic mass is 10.2. The topological polar surface area (TPSA) is 67.4 Å². The van der Waals surface area contributed by atoms with Crippen molar-refractivity contribution in [3.63, 3.8) is 0 Å². The Morgan fingerprint density at radius 1 is 0.875 bits per heavy atom. The van der Waals surface area contributed by atoms with Crippen LogP contribution in [-0.2, 0) is 9.59 Å². The maximum absolute atomic E-state index is 11.8. The van der Waals surface area contributed by atoms with Crippen LogP contribution in [0.4, 0.5) is 5.69 Å². The minimum Gasteiger partial charge on any atom is -0.457 e. The van der Waals surface area contributed by atoms with Crippen molar-refractivity contribution >= 4 is 17.5 Å². The van der Waals surface area contributed by atoms with E-state index >= 15 is 0 Å². The number of amides is 2. The third-order valence-electron chi connectivity index (χ3n) is 3.36. The van der Waals surface area contributed by atoms with E-state index in [1.165, 1.54) is 0 Å². The van der Waals surface area contributed by atoms with Gasteiger partial charge in [0.1, 0.15) is 11.5 Å². The van der Waals surface area contributed by atoms with Crippen molar-refractivity contribution in [2.24, 2.45) is 0 Å². The summed E-state index contributed by atoms with van der Waals surface area (Å²) in [7, 11) is 0. The van der Waals surface area contributed by atoms with Crippen molar-refractivity contribution in [1.82, 2.24) is 5.32 Å². The molecule has 2 aromatic carbocycles. The van der Waals surface area contributed by atoms with Crippen LogP contribution in [0.2, 0.25) is 0 Å². The number of anilines is 1. The molecule has 0 spiro atoms. The number of rotatable bonds is 7. The summed E-state index contributed by atoms with van der Waals surface area (Å²) in [5.41, 5.74) is 0.545. The van der Waals surface area contributed by atoms with Gasteiger partial charge in [-0.3, -0.25) is 9.59 Å². The number of para-hydroxylation sites is 1. The smallest absolute Gasteiger partial charge is 0.313 e. The lowest BCUT2D eigenvalue weighted by Gasteiger charge is -2.08. The first kappa shape index (κ1) is 17.5. The highest BCUT2D eigenvalue weighted by Gasteiger charge is 2.12. The predicted molar refractivity (Wildman–Crippen MR) is 94.1 cm³/mol. The fraction of sp³-hybridized carbons (Fsp3) is 0.263. The summed E-state index contributed by atoms with van der Waals surface area (Å²) >= 11 is 0. The molecule has 0 saturated heterocycles. The fourth-order valence-corrected chi connectivity index (χ4v) is 2.08. The summed E-state index contributed by atoms with van der Waals surface area (Å²) in [6, 6.07) is 16.3. The molecule has 0 aliphatic heterocycles. The van der Waals surface area contributed by atoms with Gasteiger partial charge >= 0.3 is 11.8 Å². The molecule has 0 bridgehead atoms. The maximum Gasteiger partial charge on any atom is 0.313 e. The van der Waals surface area contributed by atoms with Gasteiger partial charge in [-0.1, -0.05) is 38.0 Å². The third kappa shape index (κ3) is 5.76. The molecule has 0 unspecified atom stereocenters. The number of hydrogen-bond donors (Lipinski definition) is 2. The second-order valence-electron chi connectivity index (χ2n) is 5.36. The molecule has 0 saturated carbocycles. The molecule has 2 rings (SSSR count). The SMILES string of the molecule is CCCCCNC(=O)C(=O)Nc1ccc(Oc2ccccc2)cc1. The van der Waals surface area contributed by atoms with Gasteiger partial charge in [-0.15, -0.1) is 0 Å². The minimum atomic E-state index is -0.664. The van der Waals surface area contributed by atoms with Gasteiger partial charge in [-0.2, -0.15) is 0 Å². The second kappa shape index (κ2) is 9.35. The largest absolute Gasteiger partial charge is 0.457 e. The minimum absolute atomic E-state index is 0.518. The van der Waals surface area contributed by atoms with Gasteiger partial charge < -0.3 is 15.4 Å². The number of benzene rings is 2. The Balaban J connectivity index is 1.82. The summed E-state index contributed by atoms with van der Waals surface area (Å²) in [6.45, 7) is 2.60. The average molecular weight is 326 g/mol. The second-order valence-corrected chi connectivity index (χ2v) is 5.36. The highest BCUT2D eigenvalue weighted by molar-refractivity contribution is 6.39. The van der Waals surface area contributed by atoms with Gasteiger partial charge in [0.25, 0.3) is 0 Å². The van der Waals surface area contributed by atoms with Gasteiger partial charge in [-0.05, 0) is 42.8 Å². The number of ether oxygens (including phenoxy) is 1. The fourth-order valence-electron chi connectivity index (χ4n) is 2.08. The highest BCUT2D eigenvalue weighted by Crippen LogP contribution is 2.22. The maximum atomic E-state index is 11.8. The molecule has 0 radical (unpaired) electrons. The Morgan fingerprint density at radius 3 is 2.21 bits per heavy atom.